The second-order valence-electron chi connectivity index (χ2n) is 7.33. The Morgan fingerprint density at radius 3 is 2.39 bits per heavy atom. The summed E-state index contributed by atoms with van der Waals surface area (Å²) in [5.41, 5.74) is 8.28. The number of nitrogen functional groups attached to an aromatic ring is 1. The molecule has 0 unspecified atom stereocenters. The van der Waals surface area contributed by atoms with Gasteiger partial charge < -0.3 is 11.1 Å². The second kappa shape index (κ2) is 8.27. The standard InChI is InChI=1S/C24H17F3N6/c25-15-8-10-17(11-9-15)33-22(28)20-21(18-6-1-2-7-19(18)27)30-24(31-23(20)32-33)29-13-14-4-3-5-16(26)12-14/h1-12H,13,28H2,(H,29,31,32). The van der Waals surface area contributed by atoms with E-state index in [9.17, 15) is 13.2 Å². The molecule has 0 aliphatic heterocycles. The molecule has 0 bridgehead atoms. The maximum absolute atomic E-state index is 14.7. The van der Waals surface area contributed by atoms with E-state index < -0.39 is 11.6 Å². The monoisotopic (exact) mass is 446 g/mol. The van der Waals surface area contributed by atoms with Crippen molar-refractivity contribution in [2.45, 2.75) is 6.54 Å². The lowest BCUT2D eigenvalue weighted by molar-refractivity contribution is 0.625. The third-order valence-electron chi connectivity index (χ3n) is 5.11. The van der Waals surface area contributed by atoms with E-state index in [2.05, 4.69) is 20.4 Å². The Labute approximate surface area is 186 Å². The fourth-order valence-electron chi connectivity index (χ4n) is 3.55. The summed E-state index contributed by atoms with van der Waals surface area (Å²) in [6, 6.07) is 17.9. The highest BCUT2D eigenvalue weighted by Gasteiger charge is 2.21. The Balaban J connectivity index is 1.65. The van der Waals surface area contributed by atoms with E-state index in [1.54, 1.807) is 30.3 Å². The Hall–Kier alpha value is -4.40. The third-order valence-corrected chi connectivity index (χ3v) is 5.11. The van der Waals surface area contributed by atoms with Crippen molar-refractivity contribution in [1.29, 1.82) is 0 Å². The summed E-state index contributed by atoms with van der Waals surface area (Å²) in [6.07, 6.45) is 0. The van der Waals surface area contributed by atoms with Crippen LogP contribution >= 0.6 is 0 Å². The van der Waals surface area contributed by atoms with Crippen LogP contribution in [0.3, 0.4) is 0 Å². The summed E-state index contributed by atoms with van der Waals surface area (Å²) in [4.78, 5) is 8.93. The molecule has 2 heterocycles. The second-order valence-corrected chi connectivity index (χ2v) is 7.33. The van der Waals surface area contributed by atoms with E-state index in [4.69, 9.17) is 5.73 Å². The highest BCUT2D eigenvalue weighted by Crippen LogP contribution is 2.34. The molecule has 5 rings (SSSR count). The maximum Gasteiger partial charge on any atom is 0.225 e. The molecule has 0 fully saturated rings. The van der Waals surface area contributed by atoms with E-state index in [1.165, 1.54) is 47.1 Å². The number of aromatic nitrogens is 4. The highest BCUT2D eigenvalue weighted by atomic mass is 19.1. The summed E-state index contributed by atoms with van der Waals surface area (Å²) >= 11 is 0. The molecule has 0 atom stereocenters. The number of hydrogen-bond donors (Lipinski definition) is 2. The molecular formula is C24H17F3N6. The van der Waals surface area contributed by atoms with Gasteiger partial charge in [-0.1, -0.05) is 24.3 Å². The Morgan fingerprint density at radius 2 is 1.64 bits per heavy atom. The number of nitrogens with two attached hydrogens (primary N) is 1. The van der Waals surface area contributed by atoms with E-state index in [0.717, 1.165) is 0 Å². The van der Waals surface area contributed by atoms with Gasteiger partial charge in [0.1, 0.15) is 23.3 Å². The van der Waals surface area contributed by atoms with Crippen molar-refractivity contribution in [2.75, 3.05) is 11.1 Å². The zero-order valence-corrected chi connectivity index (χ0v) is 17.1. The quantitative estimate of drug-likeness (QED) is 0.393. The average Bonchev–Trinajstić information content (AvgIpc) is 3.14. The minimum atomic E-state index is -0.484. The number of hydrogen-bond acceptors (Lipinski definition) is 5. The smallest absolute Gasteiger partial charge is 0.225 e. The van der Waals surface area contributed by atoms with Crippen LogP contribution in [-0.4, -0.2) is 19.7 Å². The zero-order chi connectivity index (χ0) is 22.9. The van der Waals surface area contributed by atoms with E-state index >= 15 is 0 Å². The molecule has 2 aromatic heterocycles. The molecule has 0 radical (unpaired) electrons. The van der Waals surface area contributed by atoms with Crippen molar-refractivity contribution in [3.8, 4) is 16.9 Å². The van der Waals surface area contributed by atoms with Crippen LogP contribution in [0, 0.1) is 17.5 Å². The SMILES string of the molecule is Nc1c2c(-c3ccccc3F)nc(NCc3cccc(F)c3)nc2nn1-c1ccc(F)cc1. The van der Waals surface area contributed by atoms with Gasteiger partial charge in [-0.25, -0.2) is 22.8 Å². The van der Waals surface area contributed by atoms with Crippen LogP contribution in [0.5, 0.6) is 0 Å². The lowest BCUT2D eigenvalue weighted by Crippen LogP contribution is -2.05. The van der Waals surface area contributed by atoms with Crippen LogP contribution in [0.2, 0.25) is 0 Å². The summed E-state index contributed by atoms with van der Waals surface area (Å²) in [5.74, 6) is -0.879. The highest BCUT2D eigenvalue weighted by molar-refractivity contribution is 5.99. The van der Waals surface area contributed by atoms with Crippen LogP contribution in [0.4, 0.5) is 24.9 Å². The molecule has 0 aliphatic carbocycles. The minimum Gasteiger partial charge on any atom is -0.383 e. The zero-order valence-electron chi connectivity index (χ0n) is 17.1. The van der Waals surface area contributed by atoms with Gasteiger partial charge in [-0.15, -0.1) is 5.10 Å². The fourth-order valence-corrected chi connectivity index (χ4v) is 3.55. The van der Waals surface area contributed by atoms with Gasteiger partial charge in [-0.2, -0.15) is 4.98 Å². The van der Waals surface area contributed by atoms with Gasteiger partial charge in [0.25, 0.3) is 0 Å². The molecule has 0 saturated carbocycles. The first-order valence-corrected chi connectivity index (χ1v) is 10.0. The number of fused-ring (bicyclic) bond motifs is 1. The normalized spacial score (nSPS) is 11.1. The van der Waals surface area contributed by atoms with E-state index in [1.807, 2.05) is 0 Å². The summed E-state index contributed by atoms with van der Waals surface area (Å²) in [6.45, 7) is 0.244. The molecule has 6 nitrogen and oxygen atoms in total. The number of benzene rings is 3. The fraction of sp³-hybridized carbons (Fsp3) is 0.0417. The Morgan fingerprint density at radius 1 is 0.848 bits per heavy atom. The Bertz CT molecular complexity index is 1460. The van der Waals surface area contributed by atoms with Crippen LogP contribution in [0.1, 0.15) is 5.56 Å². The largest absolute Gasteiger partial charge is 0.383 e. The molecule has 0 aliphatic rings. The van der Waals surface area contributed by atoms with Crippen LogP contribution in [0.15, 0.2) is 72.8 Å². The molecular weight excluding hydrogens is 429 g/mol. The van der Waals surface area contributed by atoms with Gasteiger partial charge in [-0.3, -0.25) is 0 Å². The predicted molar refractivity (Wildman–Crippen MR) is 120 cm³/mol. The summed E-state index contributed by atoms with van der Waals surface area (Å²) < 4.78 is 43.0. The topological polar surface area (TPSA) is 81.7 Å². The summed E-state index contributed by atoms with van der Waals surface area (Å²) in [5, 5.41) is 7.85. The number of nitrogens with zero attached hydrogens (tertiary/aromatic N) is 4. The van der Waals surface area contributed by atoms with Crippen LogP contribution in [-0.2, 0) is 6.54 Å². The lowest BCUT2D eigenvalue weighted by atomic mass is 10.1. The van der Waals surface area contributed by atoms with Gasteiger partial charge in [0.15, 0.2) is 5.65 Å². The van der Waals surface area contributed by atoms with Crippen molar-refractivity contribution in [3.63, 3.8) is 0 Å². The molecule has 0 spiro atoms. The first-order chi connectivity index (χ1) is 16.0. The average molecular weight is 446 g/mol. The molecule has 3 aromatic carbocycles. The van der Waals surface area contributed by atoms with Gasteiger partial charge in [-0.05, 0) is 54.1 Å². The molecule has 9 heteroatoms. The predicted octanol–water partition coefficient (Wildman–Crippen LogP) is 5.09. The molecule has 33 heavy (non-hydrogen) atoms. The van der Waals surface area contributed by atoms with Gasteiger partial charge >= 0.3 is 0 Å². The van der Waals surface area contributed by atoms with Crippen molar-refractivity contribution in [3.05, 3.63) is 95.8 Å². The van der Waals surface area contributed by atoms with Gasteiger partial charge in [0, 0.05) is 12.1 Å². The van der Waals surface area contributed by atoms with Gasteiger partial charge in [0.2, 0.25) is 5.95 Å². The number of nitrogens with one attached hydrogen (secondary N) is 1. The van der Waals surface area contributed by atoms with Crippen molar-refractivity contribution >= 4 is 22.8 Å². The van der Waals surface area contributed by atoms with Crippen molar-refractivity contribution in [1.82, 2.24) is 19.7 Å². The van der Waals surface area contributed by atoms with Crippen molar-refractivity contribution < 1.29 is 13.2 Å². The number of halogens is 3. The molecule has 0 amide bonds. The lowest BCUT2D eigenvalue weighted by Gasteiger charge is -2.09. The third kappa shape index (κ3) is 3.96. The number of rotatable bonds is 5. The van der Waals surface area contributed by atoms with Crippen molar-refractivity contribution in [2.24, 2.45) is 0 Å². The minimum absolute atomic E-state index is 0.175. The van der Waals surface area contributed by atoms with E-state index in [-0.39, 0.29) is 41.0 Å². The summed E-state index contributed by atoms with van der Waals surface area (Å²) in [7, 11) is 0. The first-order valence-electron chi connectivity index (χ1n) is 10.0. The molecule has 0 saturated heterocycles. The maximum atomic E-state index is 14.7. The van der Waals surface area contributed by atoms with Gasteiger partial charge in [0.05, 0.1) is 16.8 Å². The number of anilines is 2. The molecule has 5 aromatic rings. The van der Waals surface area contributed by atoms with Crippen LogP contribution < -0.4 is 11.1 Å². The molecule has 3 N–H and O–H groups in total. The van der Waals surface area contributed by atoms with Crippen LogP contribution in [0.25, 0.3) is 28.0 Å². The Kier molecular flexibility index (Phi) is 5.14. The first kappa shape index (κ1) is 20.5. The molecule has 164 valence electrons. The van der Waals surface area contributed by atoms with E-state index in [0.29, 0.717) is 16.6 Å².